The summed E-state index contributed by atoms with van der Waals surface area (Å²) >= 11 is 0. The Balaban J connectivity index is 1.92. The molecular formula is C19H29N4O2+. The predicted octanol–water partition coefficient (Wildman–Crippen LogP) is 0.698. The Morgan fingerprint density at radius 1 is 1.48 bits per heavy atom. The number of likely N-dealkylation sites (N-methyl/N-ethyl adjacent to an activating group) is 1. The zero-order valence-electron chi connectivity index (χ0n) is 15.8. The van der Waals surface area contributed by atoms with Gasteiger partial charge in [-0.3, -0.25) is 5.32 Å². The first-order valence-electron chi connectivity index (χ1n) is 9.05. The highest BCUT2D eigenvalue weighted by atomic mass is 16.2. The number of anilines is 1. The van der Waals surface area contributed by atoms with Gasteiger partial charge in [0, 0.05) is 12.0 Å². The number of carbonyl (C=O) groups is 2. The molecule has 1 aromatic rings. The van der Waals surface area contributed by atoms with E-state index < -0.39 is 5.54 Å². The average Bonchev–Trinajstić information content (AvgIpc) is 2.89. The van der Waals surface area contributed by atoms with Crippen LogP contribution in [-0.2, 0) is 15.0 Å². The number of carbonyl (C=O) groups excluding carboxylic acids is 2. The fraction of sp³-hybridized carbons (Fsp3) is 0.632. The van der Waals surface area contributed by atoms with Crippen LogP contribution in [-0.4, -0.2) is 43.9 Å². The third-order valence-electron chi connectivity index (χ3n) is 5.98. The van der Waals surface area contributed by atoms with Crippen molar-refractivity contribution in [1.82, 2.24) is 10.6 Å². The molecule has 2 aliphatic heterocycles. The molecule has 0 aliphatic carbocycles. The van der Waals surface area contributed by atoms with Crippen molar-refractivity contribution in [3.8, 4) is 0 Å². The van der Waals surface area contributed by atoms with E-state index in [1.807, 2.05) is 18.0 Å². The third kappa shape index (κ3) is 2.68. The van der Waals surface area contributed by atoms with E-state index in [0.717, 1.165) is 12.1 Å². The Morgan fingerprint density at radius 2 is 2.20 bits per heavy atom. The monoisotopic (exact) mass is 345 g/mol. The second-order valence-corrected chi connectivity index (χ2v) is 7.94. The normalized spacial score (nSPS) is 26.3. The maximum Gasteiger partial charge on any atom is 0.331 e. The maximum absolute atomic E-state index is 13.2. The number of nitrogens with zero attached hydrogens (tertiary/aromatic N) is 2. The van der Waals surface area contributed by atoms with E-state index in [2.05, 4.69) is 48.1 Å². The first-order valence-corrected chi connectivity index (χ1v) is 9.05. The minimum absolute atomic E-state index is 0.00864. The number of aromatic nitrogens is 1. The van der Waals surface area contributed by atoms with Crippen LogP contribution in [0.5, 0.6) is 0 Å². The van der Waals surface area contributed by atoms with E-state index in [-0.39, 0.29) is 23.4 Å². The molecule has 6 heteroatoms. The molecule has 0 radical (unpaired) electrons. The zero-order chi connectivity index (χ0) is 18.4. The Morgan fingerprint density at radius 3 is 2.80 bits per heavy atom. The van der Waals surface area contributed by atoms with Crippen molar-refractivity contribution in [3.63, 3.8) is 0 Å². The minimum Gasteiger partial charge on any atom is -0.307 e. The molecule has 0 aromatic carbocycles. The Kier molecular flexibility index (Phi) is 4.45. The minimum atomic E-state index is -0.642. The molecule has 2 N–H and O–H groups in total. The van der Waals surface area contributed by atoms with Crippen LogP contribution < -0.4 is 20.1 Å². The quantitative estimate of drug-likeness (QED) is 0.588. The highest BCUT2D eigenvalue weighted by Crippen LogP contribution is 2.41. The largest absolute Gasteiger partial charge is 0.331 e. The fourth-order valence-corrected chi connectivity index (χ4v) is 4.05. The van der Waals surface area contributed by atoms with Crippen molar-refractivity contribution >= 4 is 18.0 Å². The van der Waals surface area contributed by atoms with E-state index in [9.17, 15) is 9.59 Å². The van der Waals surface area contributed by atoms with Crippen molar-refractivity contribution in [2.24, 2.45) is 0 Å². The predicted molar refractivity (Wildman–Crippen MR) is 96.7 cm³/mol. The van der Waals surface area contributed by atoms with Crippen molar-refractivity contribution in [2.75, 3.05) is 25.0 Å². The van der Waals surface area contributed by atoms with Gasteiger partial charge in [-0.1, -0.05) is 20.8 Å². The fourth-order valence-electron chi connectivity index (χ4n) is 4.05. The summed E-state index contributed by atoms with van der Waals surface area (Å²) in [6.07, 6.45) is 3.65. The van der Waals surface area contributed by atoms with E-state index in [4.69, 9.17) is 0 Å². The molecule has 3 unspecified atom stereocenters. The van der Waals surface area contributed by atoms with E-state index in [1.165, 1.54) is 5.56 Å². The van der Waals surface area contributed by atoms with Crippen LogP contribution in [0, 0.1) is 0 Å². The van der Waals surface area contributed by atoms with Gasteiger partial charge in [0.15, 0.2) is 6.04 Å². The molecular weight excluding hydrogens is 316 g/mol. The molecule has 0 bridgehead atoms. The highest BCUT2D eigenvalue weighted by molar-refractivity contribution is 5.99. The standard InChI is InChI=1S/C19H29N4O2/c1-6-19(12-24,20-5)10-21-15-13(2)22-9-7-8-14-16(22)23(17(15)25)11-18(14,3)4/h7-9,12-13,15,20-21H,6,10-11H2,1-5H3/q+1. The summed E-state index contributed by atoms with van der Waals surface area (Å²) in [5.74, 6) is 1.12. The van der Waals surface area contributed by atoms with Gasteiger partial charge in [0.25, 0.3) is 5.82 Å². The number of aldehydes is 1. The molecule has 3 heterocycles. The first-order chi connectivity index (χ1) is 11.8. The van der Waals surface area contributed by atoms with Gasteiger partial charge >= 0.3 is 5.91 Å². The van der Waals surface area contributed by atoms with Gasteiger partial charge in [-0.05, 0) is 32.5 Å². The number of amides is 1. The van der Waals surface area contributed by atoms with E-state index >= 15 is 0 Å². The second kappa shape index (κ2) is 6.18. The summed E-state index contributed by atoms with van der Waals surface area (Å²) < 4.78 is 2.19. The van der Waals surface area contributed by atoms with E-state index in [0.29, 0.717) is 19.5 Å². The van der Waals surface area contributed by atoms with Crippen LogP contribution in [0.4, 0.5) is 5.82 Å². The lowest BCUT2D eigenvalue weighted by Gasteiger charge is -2.34. The topological polar surface area (TPSA) is 65.3 Å². The Bertz CT molecular complexity index is 697. The van der Waals surface area contributed by atoms with Crippen LogP contribution in [0.3, 0.4) is 0 Å². The summed E-state index contributed by atoms with van der Waals surface area (Å²) in [7, 11) is 1.78. The zero-order valence-corrected chi connectivity index (χ0v) is 15.8. The summed E-state index contributed by atoms with van der Waals surface area (Å²) in [4.78, 5) is 26.6. The molecule has 2 aliphatic rings. The van der Waals surface area contributed by atoms with Crippen LogP contribution in [0.15, 0.2) is 18.3 Å². The Hall–Kier alpha value is -1.79. The smallest absolute Gasteiger partial charge is 0.307 e. The van der Waals surface area contributed by atoms with Crippen molar-refractivity contribution in [3.05, 3.63) is 23.9 Å². The van der Waals surface area contributed by atoms with Crippen LogP contribution >= 0.6 is 0 Å². The number of hydrogen-bond acceptors (Lipinski definition) is 4. The van der Waals surface area contributed by atoms with Crippen LogP contribution in [0.25, 0.3) is 0 Å². The first kappa shape index (κ1) is 18.0. The molecule has 0 spiro atoms. The molecule has 3 atom stereocenters. The second-order valence-electron chi connectivity index (χ2n) is 7.94. The maximum atomic E-state index is 13.2. The summed E-state index contributed by atoms with van der Waals surface area (Å²) in [6, 6.07) is 3.82. The molecule has 25 heavy (non-hydrogen) atoms. The molecule has 1 aromatic heterocycles. The lowest BCUT2D eigenvalue weighted by molar-refractivity contribution is -0.711. The number of nitrogens with one attached hydrogen (secondary N) is 2. The molecule has 0 saturated carbocycles. The summed E-state index contributed by atoms with van der Waals surface area (Å²) in [6.45, 7) is 9.50. The average molecular weight is 345 g/mol. The van der Waals surface area contributed by atoms with Crippen LogP contribution in [0.2, 0.25) is 0 Å². The lowest BCUT2D eigenvalue weighted by atomic mass is 9.88. The van der Waals surface area contributed by atoms with Crippen molar-refractivity contribution < 1.29 is 14.2 Å². The Labute approximate surface area is 149 Å². The molecule has 3 rings (SSSR count). The van der Waals surface area contributed by atoms with Gasteiger partial charge in [0.05, 0.1) is 17.3 Å². The highest BCUT2D eigenvalue weighted by Gasteiger charge is 2.54. The number of rotatable bonds is 6. The van der Waals surface area contributed by atoms with Gasteiger partial charge in [0.2, 0.25) is 0 Å². The van der Waals surface area contributed by atoms with Crippen molar-refractivity contribution in [2.45, 2.75) is 57.2 Å². The summed E-state index contributed by atoms with van der Waals surface area (Å²) in [5, 5.41) is 6.45. The van der Waals surface area contributed by atoms with E-state index in [1.54, 1.807) is 7.05 Å². The van der Waals surface area contributed by atoms with Gasteiger partial charge < -0.3 is 10.1 Å². The summed E-state index contributed by atoms with van der Waals surface area (Å²) in [5.41, 5.74) is 0.528. The molecule has 6 nitrogen and oxygen atoms in total. The molecule has 0 fully saturated rings. The number of pyridine rings is 1. The van der Waals surface area contributed by atoms with Gasteiger partial charge in [0.1, 0.15) is 18.9 Å². The SMILES string of the molecule is CCC(C=O)(CNC1C(=O)N2CC(C)(C)c3ccc[n+](c32)C1C)NC. The van der Waals surface area contributed by atoms with Gasteiger partial charge in [-0.15, -0.1) is 0 Å². The van der Waals surface area contributed by atoms with Crippen LogP contribution in [0.1, 0.15) is 45.7 Å². The third-order valence-corrected chi connectivity index (χ3v) is 5.98. The molecule has 136 valence electrons. The molecule has 0 saturated heterocycles. The lowest BCUT2D eigenvalue weighted by Crippen LogP contribution is -2.66. The van der Waals surface area contributed by atoms with Crippen molar-refractivity contribution in [1.29, 1.82) is 0 Å². The van der Waals surface area contributed by atoms with Gasteiger partial charge in [-0.2, -0.15) is 4.90 Å². The molecule has 1 amide bonds. The van der Waals surface area contributed by atoms with Gasteiger partial charge in [-0.25, -0.2) is 9.36 Å². The number of hydrogen-bond donors (Lipinski definition) is 2.